The van der Waals surface area contributed by atoms with Crippen molar-refractivity contribution in [1.29, 1.82) is 0 Å². The van der Waals surface area contributed by atoms with Crippen molar-refractivity contribution in [2.45, 2.75) is 40.9 Å². The number of hydrogen-bond donors (Lipinski definition) is 2. The van der Waals surface area contributed by atoms with Crippen molar-refractivity contribution >= 4 is 12.2 Å². The van der Waals surface area contributed by atoms with Crippen LogP contribution >= 0.6 is 0 Å². The van der Waals surface area contributed by atoms with Crippen molar-refractivity contribution in [3.63, 3.8) is 0 Å². The SMILES string of the molecule is CC(C)CN(CCN(CCNC(=O)OCc1ccccc1)CCNC(=O)OCc1ccccc1)CC(C)C. The fourth-order valence-electron chi connectivity index (χ4n) is 4.09. The summed E-state index contributed by atoms with van der Waals surface area (Å²) in [5.41, 5.74) is 1.90. The van der Waals surface area contributed by atoms with E-state index >= 15 is 0 Å². The van der Waals surface area contributed by atoms with Crippen molar-refractivity contribution in [1.82, 2.24) is 20.4 Å². The summed E-state index contributed by atoms with van der Waals surface area (Å²) in [6.45, 7) is 15.5. The molecule has 0 atom stereocenters. The van der Waals surface area contributed by atoms with Gasteiger partial charge in [-0.1, -0.05) is 88.4 Å². The molecule has 2 N–H and O–H groups in total. The molecule has 0 unspecified atom stereocenters. The molecule has 0 aromatic heterocycles. The van der Waals surface area contributed by atoms with E-state index in [0.717, 1.165) is 37.3 Å². The highest BCUT2D eigenvalue weighted by Crippen LogP contribution is 2.05. The zero-order valence-corrected chi connectivity index (χ0v) is 23.5. The largest absolute Gasteiger partial charge is 0.445 e. The highest BCUT2D eigenvalue weighted by Gasteiger charge is 2.13. The second kappa shape index (κ2) is 18.2. The van der Waals surface area contributed by atoms with Gasteiger partial charge in [0.25, 0.3) is 0 Å². The summed E-state index contributed by atoms with van der Waals surface area (Å²) in [5.74, 6) is 1.17. The minimum Gasteiger partial charge on any atom is -0.445 e. The Kier molecular flexibility index (Phi) is 14.9. The third-order valence-corrected chi connectivity index (χ3v) is 5.80. The summed E-state index contributed by atoms with van der Waals surface area (Å²) in [7, 11) is 0. The topological polar surface area (TPSA) is 83.1 Å². The first kappa shape index (κ1) is 31.1. The highest BCUT2D eigenvalue weighted by molar-refractivity contribution is 5.67. The number of carbonyl (C=O) groups excluding carboxylic acids is 2. The van der Waals surface area contributed by atoms with E-state index < -0.39 is 12.2 Å². The van der Waals surface area contributed by atoms with Crippen LogP contribution in [0.25, 0.3) is 0 Å². The van der Waals surface area contributed by atoms with Crippen LogP contribution in [0.1, 0.15) is 38.8 Å². The minimum atomic E-state index is -0.433. The fraction of sp³-hybridized carbons (Fsp3) is 0.533. The molecule has 8 heteroatoms. The second-order valence-electron chi connectivity index (χ2n) is 10.4. The van der Waals surface area contributed by atoms with Crippen LogP contribution in [-0.2, 0) is 22.7 Å². The van der Waals surface area contributed by atoms with E-state index in [9.17, 15) is 9.59 Å². The Labute approximate surface area is 228 Å². The van der Waals surface area contributed by atoms with E-state index in [1.165, 1.54) is 0 Å². The molecular weight excluding hydrogens is 480 g/mol. The smallest absolute Gasteiger partial charge is 0.407 e. The van der Waals surface area contributed by atoms with E-state index in [2.05, 4.69) is 48.1 Å². The lowest BCUT2D eigenvalue weighted by molar-refractivity contribution is 0.134. The highest BCUT2D eigenvalue weighted by atomic mass is 16.6. The van der Waals surface area contributed by atoms with Crippen LogP contribution in [0.4, 0.5) is 9.59 Å². The van der Waals surface area contributed by atoms with Crippen LogP contribution < -0.4 is 10.6 Å². The predicted octanol–water partition coefficient (Wildman–Crippen LogP) is 4.76. The van der Waals surface area contributed by atoms with Gasteiger partial charge in [-0.2, -0.15) is 0 Å². The Balaban J connectivity index is 1.80. The number of nitrogens with zero attached hydrogens (tertiary/aromatic N) is 2. The summed E-state index contributed by atoms with van der Waals surface area (Å²) < 4.78 is 10.6. The van der Waals surface area contributed by atoms with Gasteiger partial charge < -0.3 is 25.0 Å². The van der Waals surface area contributed by atoms with Gasteiger partial charge >= 0.3 is 12.2 Å². The number of rotatable bonds is 17. The number of benzene rings is 2. The molecule has 8 nitrogen and oxygen atoms in total. The van der Waals surface area contributed by atoms with Crippen LogP contribution in [0.2, 0.25) is 0 Å². The molecule has 210 valence electrons. The normalized spacial score (nSPS) is 11.3. The van der Waals surface area contributed by atoms with Gasteiger partial charge in [0.1, 0.15) is 13.2 Å². The summed E-state index contributed by atoms with van der Waals surface area (Å²) >= 11 is 0. The van der Waals surface area contributed by atoms with Gasteiger partial charge in [-0.05, 0) is 23.0 Å². The maximum Gasteiger partial charge on any atom is 0.407 e. The van der Waals surface area contributed by atoms with Crippen molar-refractivity contribution in [2.75, 3.05) is 52.4 Å². The molecule has 0 bridgehead atoms. The molecule has 0 radical (unpaired) electrons. The van der Waals surface area contributed by atoms with Crippen LogP contribution in [-0.4, -0.2) is 74.3 Å². The maximum atomic E-state index is 12.2. The Hall–Kier alpha value is -3.10. The zero-order chi connectivity index (χ0) is 27.6. The zero-order valence-electron chi connectivity index (χ0n) is 23.5. The summed E-state index contributed by atoms with van der Waals surface area (Å²) in [6, 6.07) is 19.2. The van der Waals surface area contributed by atoms with Crippen LogP contribution in [0.3, 0.4) is 0 Å². The van der Waals surface area contributed by atoms with E-state index in [1.807, 2.05) is 60.7 Å². The van der Waals surface area contributed by atoms with Gasteiger partial charge in [0.2, 0.25) is 0 Å². The molecule has 0 aliphatic rings. The van der Waals surface area contributed by atoms with Crippen LogP contribution in [0.15, 0.2) is 60.7 Å². The standard InChI is InChI=1S/C30H46N4O4/c1-25(2)21-34(22-26(3)4)20-19-33(17-15-31-29(35)37-23-27-11-7-5-8-12-27)18-16-32-30(36)38-24-28-13-9-6-10-14-28/h5-14,25-26H,15-24H2,1-4H3,(H,31,35)(H,32,36). The van der Waals surface area contributed by atoms with E-state index in [4.69, 9.17) is 9.47 Å². The lowest BCUT2D eigenvalue weighted by Gasteiger charge is -2.30. The van der Waals surface area contributed by atoms with Crippen LogP contribution in [0, 0.1) is 11.8 Å². The number of alkyl carbamates (subject to hydrolysis) is 2. The number of hydrogen-bond acceptors (Lipinski definition) is 6. The second-order valence-corrected chi connectivity index (χ2v) is 10.4. The van der Waals surface area contributed by atoms with Crippen LogP contribution in [0.5, 0.6) is 0 Å². The van der Waals surface area contributed by atoms with Gasteiger partial charge in [-0.25, -0.2) is 9.59 Å². The van der Waals surface area contributed by atoms with Gasteiger partial charge in [0, 0.05) is 52.4 Å². The fourth-order valence-corrected chi connectivity index (χ4v) is 4.09. The molecule has 2 amide bonds. The van der Waals surface area contributed by atoms with E-state index in [1.54, 1.807) is 0 Å². The minimum absolute atomic E-state index is 0.241. The molecule has 0 saturated heterocycles. The molecule has 0 aliphatic heterocycles. The first-order valence-electron chi connectivity index (χ1n) is 13.7. The quantitative estimate of drug-likeness (QED) is 0.309. The third-order valence-electron chi connectivity index (χ3n) is 5.80. The maximum absolute atomic E-state index is 12.2. The van der Waals surface area contributed by atoms with Crippen molar-refractivity contribution < 1.29 is 19.1 Å². The number of carbonyl (C=O) groups is 2. The summed E-state index contributed by atoms with van der Waals surface area (Å²) in [5, 5.41) is 5.69. The van der Waals surface area contributed by atoms with E-state index in [0.29, 0.717) is 38.0 Å². The number of amides is 2. The molecule has 38 heavy (non-hydrogen) atoms. The van der Waals surface area contributed by atoms with Gasteiger partial charge in [0.05, 0.1) is 0 Å². The monoisotopic (exact) mass is 526 g/mol. The summed E-state index contributed by atoms with van der Waals surface area (Å²) in [6.07, 6.45) is -0.865. The summed E-state index contributed by atoms with van der Waals surface area (Å²) in [4.78, 5) is 29.1. The molecule has 0 spiro atoms. The predicted molar refractivity (Wildman–Crippen MR) is 152 cm³/mol. The number of nitrogens with one attached hydrogen (secondary N) is 2. The molecule has 0 heterocycles. The lowest BCUT2D eigenvalue weighted by atomic mass is 10.1. The van der Waals surface area contributed by atoms with Gasteiger partial charge in [-0.3, -0.25) is 4.90 Å². The molecule has 0 fully saturated rings. The molecule has 2 aromatic rings. The lowest BCUT2D eigenvalue weighted by Crippen LogP contribution is -2.44. The van der Waals surface area contributed by atoms with Gasteiger partial charge in [0.15, 0.2) is 0 Å². The van der Waals surface area contributed by atoms with Crippen molar-refractivity contribution in [3.8, 4) is 0 Å². The van der Waals surface area contributed by atoms with Gasteiger partial charge in [-0.15, -0.1) is 0 Å². The Morgan fingerprint density at radius 3 is 1.42 bits per heavy atom. The Morgan fingerprint density at radius 1 is 0.632 bits per heavy atom. The molecule has 2 rings (SSSR count). The first-order valence-corrected chi connectivity index (χ1v) is 13.7. The number of ether oxygens (including phenoxy) is 2. The average Bonchev–Trinajstić information content (AvgIpc) is 2.89. The van der Waals surface area contributed by atoms with E-state index in [-0.39, 0.29) is 13.2 Å². The third kappa shape index (κ3) is 14.6. The molecule has 0 saturated carbocycles. The Morgan fingerprint density at radius 2 is 1.03 bits per heavy atom. The molecule has 0 aliphatic carbocycles. The Bertz CT molecular complexity index is 837. The molecular formula is C30H46N4O4. The van der Waals surface area contributed by atoms with Crippen molar-refractivity contribution in [2.24, 2.45) is 11.8 Å². The molecule has 2 aromatic carbocycles. The van der Waals surface area contributed by atoms with Crippen molar-refractivity contribution in [3.05, 3.63) is 71.8 Å². The first-order chi connectivity index (χ1) is 18.3. The average molecular weight is 527 g/mol.